The Morgan fingerprint density at radius 3 is 2.85 bits per heavy atom. The second kappa shape index (κ2) is 8.06. The lowest BCUT2D eigenvalue weighted by atomic mass is 10.1. The standard InChI is InChI=1S/C20H23ClN8O3S/c1-12(25-19(30)16-17(22)26-29-4-2-3-24-18(16)29)13-9-14(21)15-10-23-11-28(15)20(13)27-5-7-33(31,32)8-6-27/h2-4,9-12,31-32H,5-8H2,1H3,(H2,22,26)(H,25,30). The van der Waals surface area contributed by atoms with Crippen LogP contribution in [0.2, 0.25) is 5.02 Å². The van der Waals surface area contributed by atoms with Crippen LogP contribution in [0.4, 0.5) is 11.6 Å². The summed E-state index contributed by atoms with van der Waals surface area (Å²) in [5.41, 5.74) is 8.06. The highest BCUT2D eigenvalue weighted by Gasteiger charge is 2.29. The van der Waals surface area contributed by atoms with Crippen LogP contribution < -0.4 is 16.0 Å². The van der Waals surface area contributed by atoms with Gasteiger partial charge in [-0.2, -0.15) is 10.6 Å². The topological polar surface area (TPSA) is 146 Å². The first-order valence-corrected chi connectivity index (χ1v) is 12.5. The summed E-state index contributed by atoms with van der Waals surface area (Å²) in [5.74, 6) is 1.02. The number of nitrogen functional groups attached to an aromatic ring is 1. The van der Waals surface area contributed by atoms with E-state index >= 15 is 0 Å². The van der Waals surface area contributed by atoms with E-state index in [9.17, 15) is 13.9 Å². The van der Waals surface area contributed by atoms with E-state index < -0.39 is 22.5 Å². The number of anilines is 2. The van der Waals surface area contributed by atoms with Crippen molar-refractivity contribution >= 4 is 50.9 Å². The summed E-state index contributed by atoms with van der Waals surface area (Å²) in [6.45, 7) is 2.76. The quantitative estimate of drug-likeness (QED) is 0.341. The number of hydrogen-bond donors (Lipinski definition) is 4. The van der Waals surface area contributed by atoms with Crippen molar-refractivity contribution in [3.63, 3.8) is 0 Å². The highest BCUT2D eigenvalue weighted by atomic mass is 35.5. The molecule has 11 nitrogen and oxygen atoms in total. The molecule has 0 radical (unpaired) electrons. The molecule has 1 atom stereocenters. The zero-order valence-electron chi connectivity index (χ0n) is 17.7. The predicted molar refractivity (Wildman–Crippen MR) is 128 cm³/mol. The van der Waals surface area contributed by atoms with E-state index in [0.29, 0.717) is 23.8 Å². The number of hydrogen-bond acceptors (Lipinski definition) is 8. The molecule has 5 N–H and O–H groups in total. The van der Waals surface area contributed by atoms with Crippen molar-refractivity contribution in [2.24, 2.45) is 0 Å². The van der Waals surface area contributed by atoms with Crippen LogP contribution in [-0.2, 0) is 0 Å². The van der Waals surface area contributed by atoms with Crippen molar-refractivity contribution in [1.29, 1.82) is 0 Å². The molecule has 1 amide bonds. The van der Waals surface area contributed by atoms with Crippen LogP contribution in [0.25, 0.3) is 11.2 Å². The minimum atomic E-state index is -2.57. The summed E-state index contributed by atoms with van der Waals surface area (Å²) in [4.78, 5) is 23.7. The van der Waals surface area contributed by atoms with Crippen LogP contribution >= 0.6 is 22.2 Å². The number of nitrogens with one attached hydrogen (secondary N) is 1. The molecule has 1 fully saturated rings. The number of aromatic nitrogens is 5. The number of imidazole rings is 1. The second-order valence-electron chi connectivity index (χ2n) is 7.96. The highest BCUT2D eigenvalue weighted by Crippen LogP contribution is 2.42. The highest BCUT2D eigenvalue weighted by molar-refractivity contribution is 8.24. The SMILES string of the molecule is CC(NC(=O)c1c(N)nn2cccnc12)c1cc(Cl)c2cncn2c1N1CCS(O)(O)CC1. The maximum absolute atomic E-state index is 13.2. The molecule has 1 aliphatic rings. The van der Waals surface area contributed by atoms with Gasteiger partial charge in [-0.05, 0) is 19.1 Å². The van der Waals surface area contributed by atoms with Gasteiger partial charge < -0.3 is 16.0 Å². The van der Waals surface area contributed by atoms with Gasteiger partial charge in [0.25, 0.3) is 5.91 Å². The number of rotatable bonds is 4. The molecule has 4 aromatic rings. The summed E-state index contributed by atoms with van der Waals surface area (Å²) in [6, 6.07) is 3.05. The molecule has 1 saturated heterocycles. The van der Waals surface area contributed by atoms with Gasteiger partial charge >= 0.3 is 0 Å². The fraction of sp³-hybridized carbons (Fsp3) is 0.300. The molecule has 4 aromatic heterocycles. The number of nitrogens with two attached hydrogens (primary N) is 1. The van der Waals surface area contributed by atoms with E-state index in [0.717, 1.165) is 16.9 Å². The smallest absolute Gasteiger partial charge is 0.259 e. The van der Waals surface area contributed by atoms with Gasteiger partial charge in [0.2, 0.25) is 0 Å². The Kier molecular flexibility index (Phi) is 5.32. The Balaban J connectivity index is 1.52. The van der Waals surface area contributed by atoms with E-state index in [-0.39, 0.29) is 22.9 Å². The van der Waals surface area contributed by atoms with Crippen molar-refractivity contribution in [3.8, 4) is 0 Å². The van der Waals surface area contributed by atoms with Gasteiger partial charge in [-0.1, -0.05) is 11.6 Å². The first-order valence-electron chi connectivity index (χ1n) is 10.3. The molecule has 0 aliphatic carbocycles. The lowest BCUT2D eigenvalue weighted by molar-refractivity contribution is 0.0942. The molecule has 1 aliphatic heterocycles. The van der Waals surface area contributed by atoms with E-state index in [1.54, 1.807) is 31.0 Å². The lowest BCUT2D eigenvalue weighted by Crippen LogP contribution is -2.40. The van der Waals surface area contributed by atoms with Crippen LogP contribution in [0.5, 0.6) is 0 Å². The third-order valence-electron chi connectivity index (χ3n) is 5.79. The third-order valence-corrected chi connectivity index (χ3v) is 7.77. The van der Waals surface area contributed by atoms with Gasteiger partial charge in [-0.3, -0.25) is 18.3 Å². The van der Waals surface area contributed by atoms with Crippen LogP contribution in [0, 0.1) is 0 Å². The Hall–Kier alpha value is -3.06. The molecule has 174 valence electrons. The maximum Gasteiger partial charge on any atom is 0.259 e. The number of amides is 1. The number of carbonyl (C=O) groups excluding carboxylic acids is 1. The Bertz CT molecular complexity index is 1360. The first-order chi connectivity index (χ1) is 15.7. The zero-order valence-corrected chi connectivity index (χ0v) is 19.3. The molecule has 1 unspecified atom stereocenters. The van der Waals surface area contributed by atoms with Crippen LogP contribution in [-0.4, -0.2) is 63.6 Å². The molecule has 5 rings (SSSR count). The van der Waals surface area contributed by atoms with Crippen LogP contribution in [0.3, 0.4) is 0 Å². The van der Waals surface area contributed by atoms with Crippen molar-refractivity contribution in [1.82, 2.24) is 29.3 Å². The molecule has 0 bridgehead atoms. The summed E-state index contributed by atoms with van der Waals surface area (Å²) in [7, 11) is -2.57. The van der Waals surface area contributed by atoms with Crippen LogP contribution in [0.1, 0.15) is 28.9 Å². The summed E-state index contributed by atoms with van der Waals surface area (Å²) in [5, 5.41) is 7.63. The Morgan fingerprint density at radius 2 is 2.09 bits per heavy atom. The van der Waals surface area contributed by atoms with Gasteiger partial charge in [-0.25, -0.2) is 14.5 Å². The fourth-order valence-corrected chi connectivity index (χ4v) is 5.60. The van der Waals surface area contributed by atoms with E-state index in [1.165, 1.54) is 4.52 Å². The minimum absolute atomic E-state index is 0.0861. The van der Waals surface area contributed by atoms with Crippen molar-refractivity contribution < 1.29 is 13.9 Å². The largest absolute Gasteiger partial charge is 0.381 e. The van der Waals surface area contributed by atoms with Gasteiger partial charge in [0.1, 0.15) is 17.7 Å². The van der Waals surface area contributed by atoms with Gasteiger partial charge in [0, 0.05) is 31.0 Å². The number of nitrogens with zero attached hydrogens (tertiary/aromatic N) is 6. The van der Waals surface area contributed by atoms with Gasteiger partial charge in [-0.15, -0.1) is 5.10 Å². The third kappa shape index (κ3) is 3.84. The maximum atomic E-state index is 13.2. The lowest BCUT2D eigenvalue weighted by Gasteiger charge is -2.42. The zero-order chi connectivity index (χ0) is 23.3. The van der Waals surface area contributed by atoms with E-state index in [1.807, 2.05) is 17.4 Å². The molecule has 13 heteroatoms. The first kappa shape index (κ1) is 21.8. The van der Waals surface area contributed by atoms with Crippen molar-refractivity contribution in [2.75, 3.05) is 35.2 Å². The van der Waals surface area contributed by atoms with Crippen molar-refractivity contribution in [3.05, 3.63) is 53.2 Å². The monoisotopic (exact) mass is 490 g/mol. The Morgan fingerprint density at radius 1 is 1.33 bits per heavy atom. The molecular weight excluding hydrogens is 468 g/mol. The summed E-state index contributed by atoms with van der Waals surface area (Å²) >= 11 is 6.53. The molecule has 0 saturated carbocycles. The van der Waals surface area contributed by atoms with Gasteiger partial charge in [0.05, 0.1) is 34.3 Å². The van der Waals surface area contributed by atoms with E-state index in [2.05, 4.69) is 25.3 Å². The van der Waals surface area contributed by atoms with Crippen LogP contribution in [0.15, 0.2) is 37.1 Å². The van der Waals surface area contributed by atoms with E-state index in [4.69, 9.17) is 17.3 Å². The second-order valence-corrected chi connectivity index (χ2v) is 10.8. The average molecular weight is 491 g/mol. The minimum Gasteiger partial charge on any atom is -0.381 e. The van der Waals surface area contributed by atoms with Crippen molar-refractivity contribution in [2.45, 2.75) is 13.0 Å². The summed E-state index contributed by atoms with van der Waals surface area (Å²) in [6.07, 6.45) is 6.57. The number of carbonyl (C=O) groups is 1. The Labute approximate surface area is 195 Å². The number of halogens is 1. The fourth-order valence-electron chi connectivity index (χ4n) is 4.11. The summed E-state index contributed by atoms with van der Waals surface area (Å²) < 4.78 is 23.4. The molecule has 0 aromatic carbocycles. The van der Waals surface area contributed by atoms with Gasteiger partial charge in [0.15, 0.2) is 11.5 Å². The molecule has 0 spiro atoms. The molecule has 5 heterocycles. The molecule has 33 heavy (non-hydrogen) atoms. The normalized spacial score (nSPS) is 17.9. The average Bonchev–Trinajstić information content (AvgIpc) is 3.38. The molecular formula is C20H23ClN8O3S. The number of pyridine rings is 1. The predicted octanol–water partition coefficient (Wildman–Crippen LogP) is 2.67. The number of fused-ring (bicyclic) bond motifs is 2.